The molecule has 0 heterocycles. The van der Waals surface area contributed by atoms with Crippen molar-refractivity contribution in [1.82, 2.24) is 0 Å². The molecule has 1 unspecified atom stereocenters. The molecule has 0 bridgehead atoms. The monoisotopic (exact) mass is 235 g/mol. The molecule has 0 spiro atoms. The van der Waals surface area contributed by atoms with E-state index < -0.39 is 0 Å². The summed E-state index contributed by atoms with van der Waals surface area (Å²) in [6.07, 6.45) is 1.95. The zero-order valence-corrected chi connectivity index (χ0v) is 10.6. The Morgan fingerprint density at radius 1 is 1.41 bits per heavy atom. The first-order valence-corrected chi connectivity index (χ1v) is 5.97. The Morgan fingerprint density at radius 3 is 2.76 bits per heavy atom. The van der Waals surface area contributed by atoms with Crippen LogP contribution in [-0.2, 0) is 16.0 Å². The van der Waals surface area contributed by atoms with Crippen LogP contribution in [0.25, 0.3) is 0 Å². The fraction of sp³-hybridized carbons (Fsp3) is 0.500. The third-order valence-electron chi connectivity index (χ3n) is 2.90. The molecule has 1 aromatic rings. The normalized spacial score (nSPS) is 12.4. The van der Waals surface area contributed by atoms with Crippen LogP contribution in [-0.4, -0.2) is 25.5 Å². The average Bonchev–Trinajstić information content (AvgIpc) is 2.32. The summed E-state index contributed by atoms with van der Waals surface area (Å²) >= 11 is 0. The van der Waals surface area contributed by atoms with Crippen LogP contribution < -0.4 is 5.73 Å². The predicted molar refractivity (Wildman–Crippen MR) is 69.0 cm³/mol. The predicted octanol–water partition coefficient (Wildman–Crippen LogP) is 1.86. The SMILES string of the molecule is COCCCC(N)C(=O)Cc1ccccc1C. The summed E-state index contributed by atoms with van der Waals surface area (Å²) < 4.78 is 4.94. The van der Waals surface area contributed by atoms with Crippen LogP contribution in [0, 0.1) is 6.92 Å². The summed E-state index contributed by atoms with van der Waals surface area (Å²) in [6.45, 7) is 2.67. The lowest BCUT2D eigenvalue weighted by molar-refractivity contribution is -0.119. The van der Waals surface area contributed by atoms with Gasteiger partial charge in [0, 0.05) is 20.1 Å². The standard InChI is InChI=1S/C14H21NO2/c1-11-6-3-4-7-12(11)10-14(16)13(15)8-5-9-17-2/h3-4,6-7,13H,5,8-10,15H2,1-2H3. The zero-order valence-electron chi connectivity index (χ0n) is 10.6. The number of ether oxygens (including phenoxy) is 1. The van der Waals surface area contributed by atoms with E-state index in [2.05, 4.69) is 0 Å². The molecule has 17 heavy (non-hydrogen) atoms. The van der Waals surface area contributed by atoms with Crippen LogP contribution in [0.1, 0.15) is 24.0 Å². The fourth-order valence-electron chi connectivity index (χ4n) is 1.74. The Balaban J connectivity index is 2.46. The van der Waals surface area contributed by atoms with Gasteiger partial charge in [-0.25, -0.2) is 0 Å². The lowest BCUT2D eigenvalue weighted by Gasteiger charge is -2.11. The van der Waals surface area contributed by atoms with E-state index in [1.54, 1.807) is 7.11 Å². The van der Waals surface area contributed by atoms with Crippen LogP contribution in [0.3, 0.4) is 0 Å². The molecule has 1 aromatic carbocycles. The van der Waals surface area contributed by atoms with Crippen molar-refractivity contribution in [2.75, 3.05) is 13.7 Å². The third kappa shape index (κ3) is 4.67. The number of methoxy groups -OCH3 is 1. The highest BCUT2D eigenvalue weighted by Gasteiger charge is 2.14. The van der Waals surface area contributed by atoms with Crippen molar-refractivity contribution in [3.05, 3.63) is 35.4 Å². The smallest absolute Gasteiger partial charge is 0.153 e. The molecule has 0 aromatic heterocycles. The molecule has 1 rings (SSSR count). The van der Waals surface area contributed by atoms with Crippen LogP contribution in [0.2, 0.25) is 0 Å². The molecule has 94 valence electrons. The fourth-order valence-corrected chi connectivity index (χ4v) is 1.74. The van der Waals surface area contributed by atoms with Gasteiger partial charge in [-0.15, -0.1) is 0 Å². The van der Waals surface area contributed by atoms with Gasteiger partial charge in [0.25, 0.3) is 0 Å². The van der Waals surface area contributed by atoms with Gasteiger partial charge in [-0.1, -0.05) is 24.3 Å². The highest BCUT2D eigenvalue weighted by Crippen LogP contribution is 2.09. The van der Waals surface area contributed by atoms with Crippen LogP contribution >= 0.6 is 0 Å². The Labute approximate surface area is 103 Å². The minimum atomic E-state index is -0.371. The first-order valence-electron chi connectivity index (χ1n) is 5.97. The van der Waals surface area contributed by atoms with Gasteiger partial charge in [-0.2, -0.15) is 0 Å². The van der Waals surface area contributed by atoms with E-state index in [0.29, 0.717) is 19.4 Å². The maximum absolute atomic E-state index is 11.9. The second kappa shape index (κ2) is 7.20. The topological polar surface area (TPSA) is 52.3 Å². The lowest BCUT2D eigenvalue weighted by atomic mass is 9.98. The molecule has 0 aliphatic carbocycles. The van der Waals surface area contributed by atoms with E-state index in [9.17, 15) is 4.79 Å². The van der Waals surface area contributed by atoms with Crippen LogP contribution in [0.15, 0.2) is 24.3 Å². The molecule has 0 radical (unpaired) electrons. The average molecular weight is 235 g/mol. The second-order valence-corrected chi connectivity index (χ2v) is 4.31. The van der Waals surface area contributed by atoms with E-state index in [4.69, 9.17) is 10.5 Å². The van der Waals surface area contributed by atoms with Gasteiger partial charge in [0.15, 0.2) is 5.78 Å². The van der Waals surface area contributed by atoms with Crippen molar-refractivity contribution in [2.24, 2.45) is 5.73 Å². The molecule has 3 heteroatoms. The Kier molecular flexibility index (Phi) is 5.87. The van der Waals surface area contributed by atoms with Crippen LogP contribution in [0.5, 0.6) is 0 Å². The molecule has 3 nitrogen and oxygen atoms in total. The quantitative estimate of drug-likeness (QED) is 0.734. The summed E-state index contributed by atoms with van der Waals surface area (Å²) in [7, 11) is 1.65. The summed E-state index contributed by atoms with van der Waals surface area (Å²) in [4.78, 5) is 11.9. The Morgan fingerprint density at radius 2 is 2.12 bits per heavy atom. The van der Waals surface area contributed by atoms with Gasteiger partial charge in [0.1, 0.15) is 0 Å². The van der Waals surface area contributed by atoms with E-state index in [1.165, 1.54) is 0 Å². The first kappa shape index (κ1) is 13.9. The van der Waals surface area contributed by atoms with Gasteiger partial charge < -0.3 is 10.5 Å². The Bertz CT molecular complexity index is 363. The molecule has 0 amide bonds. The van der Waals surface area contributed by atoms with Gasteiger partial charge in [0.05, 0.1) is 6.04 Å². The molecule has 2 N–H and O–H groups in total. The largest absolute Gasteiger partial charge is 0.385 e. The molecular weight excluding hydrogens is 214 g/mol. The number of carbonyl (C=O) groups excluding carboxylic acids is 1. The minimum Gasteiger partial charge on any atom is -0.385 e. The minimum absolute atomic E-state index is 0.107. The number of rotatable bonds is 7. The van der Waals surface area contributed by atoms with Gasteiger partial charge in [-0.3, -0.25) is 4.79 Å². The molecule has 0 aliphatic rings. The number of hydrogen-bond acceptors (Lipinski definition) is 3. The highest BCUT2D eigenvalue weighted by molar-refractivity contribution is 5.86. The first-order chi connectivity index (χ1) is 8.15. The van der Waals surface area contributed by atoms with E-state index in [1.807, 2.05) is 31.2 Å². The van der Waals surface area contributed by atoms with Crippen molar-refractivity contribution >= 4 is 5.78 Å². The van der Waals surface area contributed by atoms with Crippen molar-refractivity contribution in [2.45, 2.75) is 32.2 Å². The molecule has 0 aliphatic heterocycles. The molecule has 0 fully saturated rings. The van der Waals surface area contributed by atoms with Crippen molar-refractivity contribution < 1.29 is 9.53 Å². The van der Waals surface area contributed by atoms with Crippen LogP contribution in [0.4, 0.5) is 0 Å². The summed E-state index contributed by atoms with van der Waals surface area (Å²) in [6, 6.07) is 7.55. The lowest BCUT2D eigenvalue weighted by Crippen LogP contribution is -2.32. The number of hydrogen-bond donors (Lipinski definition) is 1. The number of carbonyl (C=O) groups is 1. The van der Waals surface area contributed by atoms with Crippen molar-refractivity contribution in [1.29, 1.82) is 0 Å². The third-order valence-corrected chi connectivity index (χ3v) is 2.90. The molecule has 0 saturated heterocycles. The number of aryl methyl sites for hydroxylation is 1. The van der Waals surface area contributed by atoms with Crippen molar-refractivity contribution in [3.63, 3.8) is 0 Å². The molecule has 0 saturated carbocycles. The second-order valence-electron chi connectivity index (χ2n) is 4.31. The van der Waals surface area contributed by atoms with E-state index >= 15 is 0 Å². The Hall–Kier alpha value is -1.19. The van der Waals surface area contributed by atoms with E-state index in [0.717, 1.165) is 17.5 Å². The zero-order chi connectivity index (χ0) is 12.7. The maximum Gasteiger partial charge on any atom is 0.153 e. The molecular formula is C14H21NO2. The van der Waals surface area contributed by atoms with Gasteiger partial charge in [-0.05, 0) is 30.9 Å². The van der Waals surface area contributed by atoms with E-state index in [-0.39, 0.29) is 11.8 Å². The number of ketones is 1. The summed E-state index contributed by atoms with van der Waals surface area (Å²) in [5.74, 6) is 0.107. The highest BCUT2D eigenvalue weighted by atomic mass is 16.5. The summed E-state index contributed by atoms with van der Waals surface area (Å²) in [5.41, 5.74) is 8.06. The van der Waals surface area contributed by atoms with Crippen molar-refractivity contribution in [3.8, 4) is 0 Å². The maximum atomic E-state index is 11.9. The summed E-state index contributed by atoms with van der Waals surface area (Å²) in [5, 5.41) is 0. The number of nitrogens with two attached hydrogens (primary N) is 1. The molecule has 1 atom stereocenters. The van der Waals surface area contributed by atoms with Gasteiger partial charge in [0.2, 0.25) is 0 Å². The van der Waals surface area contributed by atoms with Gasteiger partial charge >= 0.3 is 0 Å². The number of Topliss-reactive ketones (excluding diaryl/α,β-unsaturated/α-hetero) is 1. The number of benzene rings is 1.